The van der Waals surface area contributed by atoms with Gasteiger partial charge in [0.05, 0.1) is 23.9 Å². The van der Waals surface area contributed by atoms with Crippen LogP contribution in [0.5, 0.6) is 0 Å². The van der Waals surface area contributed by atoms with Gasteiger partial charge in [-0.25, -0.2) is 9.69 Å². The number of hydrogen-bond donors (Lipinski definition) is 1. The van der Waals surface area contributed by atoms with Crippen LogP contribution in [0.4, 0.5) is 10.5 Å². The van der Waals surface area contributed by atoms with Crippen molar-refractivity contribution < 1.29 is 14.4 Å². The molecule has 3 fully saturated rings. The number of nitrogens with one attached hydrogen (secondary N) is 1. The maximum absolute atomic E-state index is 14.2. The van der Waals surface area contributed by atoms with Crippen molar-refractivity contribution in [2.45, 2.75) is 11.5 Å². The van der Waals surface area contributed by atoms with Crippen LogP contribution in [0.3, 0.4) is 0 Å². The quantitative estimate of drug-likeness (QED) is 0.598. The molecule has 0 bridgehead atoms. The SMILES string of the molecule is CN1C(=O)N(c2cc(Cl)cc(Cl)c2)C(=O)[C@]12CN(CC(=O)N1CCNCC1)C[C@H]2c1ccc(C#N)cc1. The molecule has 3 aliphatic rings. The Balaban J connectivity index is 1.52. The molecule has 3 heterocycles. The molecule has 37 heavy (non-hydrogen) atoms. The van der Waals surface area contributed by atoms with Crippen LogP contribution < -0.4 is 10.2 Å². The van der Waals surface area contributed by atoms with Gasteiger partial charge >= 0.3 is 6.03 Å². The minimum absolute atomic E-state index is 0.00460. The van der Waals surface area contributed by atoms with E-state index in [1.165, 1.54) is 23.1 Å². The molecule has 1 spiro atoms. The van der Waals surface area contributed by atoms with E-state index < -0.39 is 23.4 Å². The van der Waals surface area contributed by atoms with Crippen molar-refractivity contribution in [3.8, 4) is 6.07 Å². The Bertz CT molecular complexity index is 1270. The van der Waals surface area contributed by atoms with Crippen molar-refractivity contribution in [3.05, 3.63) is 63.6 Å². The monoisotopic (exact) mass is 540 g/mol. The molecule has 0 saturated carbocycles. The fourth-order valence-electron chi connectivity index (χ4n) is 5.62. The number of urea groups is 1. The van der Waals surface area contributed by atoms with E-state index in [0.717, 1.165) is 23.6 Å². The van der Waals surface area contributed by atoms with Gasteiger partial charge in [-0.05, 0) is 35.9 Å². The number of imide groups is 1. The third-order valence-electron chi connectivity index (χ3n) is 7.51. The lowest BCUT2D eigenvalue weighted by Crippen LogP contribution is -2.54. The Labute approximate surface area is 225 Å². The van der Waals surface area contributed by atoms with Crippen LogP contribution in [-0.4, -0.2) is 90.9 Å². The number of nitriles is 1. The van der Waals surface area contributed by atoms with Gasteiger partial charge in [0.1, 0.15) is 5.54 Å². The van der Waals surface area contributed by atoms with Gasteiger partial charge in [-0.1, -0.05) is 35.3 Å². The van der Waals surface area contributed by atoms with Crippen molar-refractivity contribution >= 4 is 46.7 Å². The number of likely N-dealkylation sites (N-methyl/N-ethyl adjacent to an activating group) is 1. The van der Waals surface area contributed by atoms with Gasteiger partial charge in [0.25, 0.3) is 5.91 Å². The minimum Gasteiger partial charge on any atom is -0.339 e. The first kappa shape index (κ1) is 25.5. The maximum atomic E-state index is 14.2. The Morgan fingerprint density at radius 3 is 2.38 bits per heavy atom. The lowest BCUT2D eigenvalue weighted by atomic mass is 9.80. The number of amides is 4. The second-order valence-electron chi connectivity index (χ2n) is 9.62. The zero-order valence-corrected chi connectivity index (χ0v) is 21.8. The number of halogens is 2. The lowest BCUT2D eigenvalue weighted by molar-refractivity contribution is -0.133. The number of carbonyl (C=O) groups excluding carboxylic acids is 3. The summed E-state index contributed by atoms with van der Waals surface area (Å²) in [5.41, 5.74) is 0.364. The predicted molar refractivity (Wildman–Crippen MR) is 140 cm³/mol. The van der Waals surface area contributed by atoms with Crippen molar-refractivity contribution in [3.63, 3.8) is 0 Å². The highest BCUT2D eigenvalue weighted by atomic mass is 35.5. The van der Waals surface area contributed by atoms with Gasteiger partial charge in [0, 0.05) is 62.3 Å². The Kier molecular flexibility index (Phi) is 6.86. The third-order valence-corrected chi connectivity index (χ3v) is 7.94. The highest BCUT2D eigenvalue weighted by Gasteiger charge is 2.64. The summed E-state index contributed by atoms with van der Waals surface area (Å²) >= 11 is 12.4. The van der Waals surface area contributed by atoms with E-state index in [2.05, 4.69) is 11.4 Å². The molecule has 1 N–H and O–H groups in total. The zero-order chi connectivity index (χ0) is 26.3. The average molecular weight is 541 g/mol. The number of anilines is 1. The number of benzene rings is 2. The van der Waals surface area contributed by atoms with Crippen LogP contribution in [0.25, 0.3) is 0 Å². The highest BCUT2D eigenvalue weighted by Crippen LogP contribution is 2.46. The van der Waals surface area contributed by atoms with E-state index in [0.29, 0.717) is 40.9 Å². The van der Waals surface area contributed by atoms with Crippen molar-refractivity contribution in [1.82, 2.24) is 20.0 Å². The molecule has 5 rings (SSSR count). The summed E-state index contributed by atoms with van der Waals surface area (Å²) in [6, 6.07) is 13.3. The number of carbonyl (C=O) groups is 3. The number of likely N-dealkylation sites (tertiary alicyclic amines) is 1. The number of rotatable bonds is 4. The first-order chi connectivity index (χ1) is 17.7. The van der Waals surface area contributed by atoms with E-state index >= 15 is 0 Å². The Morgan fingerprint density at radius 2 is 1.76 bits per heavy atom. The van der Waals surface area contributed by atoms with Gasteiger partial charge in [0.2, 0.25) is 5.91 Å². The smallest absolute Gasteiger partial charge is 0.332 e. The topological polar surface area (TPSA) is 100.0 Å². The molecular weight excluding hydrogens is 515 g/mol. The van der Waals surface area contributed by atoms with Gasteiger partial charge in [0.15, 0.2) is 0 Å². The molecule has 2 atom stereocenters. The molecule has 0 radical (unpaired) electrons. The van der Waals surface area contributed by atoms with E-state index in [1.54, 1.807) is 19.2 Å². The van der Waals surface area contributed by atoms with Gasteiger partial charge < -0.3 is 15.1 Å². The average Bonchev–Trinajstić information content (AvgIpc) is 3.35. The molecule has 2 aromatic carbocycles. The molecule has 0 aromatic heterocycles. The lowest BCUT2D eigenvalue weighted by Gasteiger charge is -2.34. The first-order valence-corrected chi connectivity index (χ1v) is 12.8. The molecule has 3 saturated heterocycles. The van der Waals surface area contributed by atoms with Crippen molar-refractivity contribution in [2.24, 2.45) is 0 Å². The van der Waals surface area contributed by atoms with Crippen molar-refractivity contribution in [2.75, 3.05) is 57.8 Å². The van der Waals surface area contributed by atoms with E-state index in [4.69, 9.17) is 23.2 Å². The minimum atomic E-state index is -1.25. The van der Waals surface area contributed by atoms with E-state index in [9.17, 15) is 19.6 Å². The number of nitrogens with zero attached hydrogens (tertiary/aromatic N) is 5. The maximum Gasteiger partial charge on any atom is 0.332 e. The first-order valence-electron chi connectivity index (χ1n) is 12.0. The molecule has 192 valence electrons. The van der Waals surface area contributed by atoms with Crippen LogP contribution in [0.2, 0.25) is 10.0 Å². The normalized spacial score (nSPS) is 24.3. The van der Waals surface area contributed by atoms with Crippen molar-refractivity contribution in [1.29, 1.82) is 5.26 Å². The largest absolute Gasteiger partial charge is 0.339 e. The number of hydrogen-bond acceptors (Lipinski definition) is 6. The molecule has 0 aliphatic carbocycles. The second kappa shape index (κ2) is 9.95. The predicted octanol–water partition coefficient (Wildman–Crippen LogP) is 2.53. The zero-order valence-electron chi connectivity index (χ0n) is 20.3. The summed E-state index contributed by atoms with van der Waals surface area (Å²) in [5, 5.41) is 13.1. The van der Waals surface area contributed by atoms with Gasteiger partial charge in [-0.2, -0.15) is 5.26 Å². The molecule has 11 heteroatoms. The van der Waals surface area contributed by atoms with Crippen LogP contribution >= 0.6 is 23.2 Å². The Hall–Kier alpha value is -3.16. The molecule has 0 unspecified atom stereocenters. The highest BCUT2D eigenvalue weighted by molar-refractivity contribution is 6.35. The summed E-state index contributed by atoms with van der Waals surface area (Å²) in [5.74, 6) is -0.822. The summed E-state index contributed by atoms with van der Waals surface area (Å²) in [6.45, 7) is 3.51. The number of piperazine rings is 1. The standard InChI is InChI=1S/C26H26Cl2N6O3/c1-31-25(37)34(21-11-19(27)10-20(28)12-21)24(36)26(31)16-32(15-23(35)33-8-6-30-7-9-33)14-22(26)18-4-2-17(13-29)3-5-18/h2-5,10-12,22,30H,6-9,14-16H2,1H3/t22-,26+/m0/s1. The van der Waals surface area contributed by atoms with E-state index in [-0.39, 0.29) is 19.0 Å². The summed E-state index contributed by atoms with van der Waals surface area (Å²) in [7, 11) is 1.62. The second-order valence-corrected chi connectivity index (χ2v) is 10.5. The molecule has 9 nitrogen and oxygen atoms in total. The fraction of sp³-hybridized carbons (Fsp3) is 0.385. The Morgan fingerprint density at radius 1 is 1.11 bits per heavy atom. The van der Waals surface area contributed by atoms with Gasteiger partial charge in [-0.3, -0.25) is 14.5 Å². The third kappa shape index (κ3) is 4.44. The summed E-state index contributed by atoms with van der Waals surface area (Å²) in [6.07, 6.45) is 0. The molecule has 3 aliphatic heterocycles. The van der Waals surface area contributed by atoms with Crippen LogP contribution in [-0.2, 0) is 9.59 Å². The van der Waals surface area contributed by atoms with Crippen LogP contribution in [0.1, 0.15) is 17.0 Å². The summed E-state index contributed by atoms with van der Waals surface area (Å²) < 4.78 is 0. The van der Waals surface area contributed by atoms with E-state index in [1.807, 2.05) is 21.9 Å². The van der Waals surface area contributed by atoms with Crippen LogP contribution in [0.15, 0.2) is 42.5 Å². The van der Waals surface area contributed by atoms with Crippen LogP contribution in [0, 0.1) is 11.3 Å². The molecule has 4 amide bonds. The molecule has 2 aromatic rings. The fourth-order valence-corrected chi connectivity index (χ4v) is 6.13. The summed E-state index contributed by atoms with van der Waals surface area (Å²) in [4.78, 5) is 47.2. The van der Waals surface area contributed by atoms with Gasteiger partial charge in [-0.15, -0.1) is 0 Å². The molecular formula is C26H26Cl2N6O3.